The first-order valence-corrected chi connectivity index (χ1v) is 5.80. The second kappa shape index (κ2) is 4.50. The molecule has 0 aromatic heterocycles. The standard InChI is InChI=1S/C13H16F2O/c14-11-7-5-6-10(12(11)15)13(16)8-3-1-2-4-9-13/h5-7,16H,1-4,8-9H2. The van der Waals surface area contributed by atoms with E-state index in [1.807, 2.05) is 0 Å². The SMILES string of the molecule is OC1(c2cccc(F)c2F)CCCCCC1. The normalized spacial score (nSPS) is 20.4. The van der Waals surface area contributed by atoms with Gasteiger partial charge in [-0.2, -0.15) is 0 Å². The van der Waals surface area contributed by atoms with Crippen molar-refractivity contribution in [2.75, 3.05) is 0 Å². The average Bonchev–Trinajstić information content (AvgIpc) is 2.48. The Morgan fingerprint density at radius 1 is 1.00 bits per heavy atom. The van der Waals surface area contributed by atoms with Gasteiger partial charge in [0, 0.05) is 5.56 Å². The summed E-state index contributed by atoms with van der Waals surface area (Å²) in [7, 11) is 0. The fourth-order valence-electron chi connectivity index (χ4n) is 2.45. The van der Waals surface area contributed by atoms with E-state index in [1.165, 1.54) is 12.1 Å². The molecule has 1 nitrogen and oxygen atoms in total. The van der Waals surface area contributed by atoms with Crippen LogP contribution in [0.15, 0.2) is 18.2 Å². The van der Waals surface area contributed by atoms with Crippen molar-refractivity contribution in [3.63, 3.8) is 0 Å². The highest BCUT2D eigenvalue weighted by Crippen LogP contribution is 2.37. The lowest BCUT2D eigenvalue weighted by Crippen LogP contribution is -2.26. The van der Waals surface area contributed by atoms with E-state index in [9.17, 15) is 13.9 Å². The van der Waals surface area contributed by atoms with Gasteiger partial charge >= 0.3 is 0 Å². The number of aliphatic hydroxyl groups is 1. The molecule has 1 aliphatic carbocycles. The molecular weight excluding hydrogens is 210 g/mol. The molecule has 1 aromatic rings. The zero-order valence-corrected chi connectivity index (χ0v) is 9.18. The molecule has 0 unspecified atom stereocenters. The van der Waals surface area contributed by atoms with E-state index >= 15 is 0 Å². The predicted molar refractivity (Wildman–Crippen MR) is 58.0 cm³/mol. The maximum Gasteiger partial charge on any atom is 0.164 e. The molecule has 1 fully saturated rings. The van der Waals surface area contributed by atoms with Gasteiger partial charge in [0.25, 0.3) is 0 Å². The topological polar surface area (TPSA) is 20.2 Å². The van der Waals surface area contributed by atoms with E-state index in [-0.39, 0.29) is 5.56 Å². The Bertz CT molecular complexity index is 368. The molecular formula is C13H16F2O. The lowest BCUT2D eigenvalue weighted by Gasteiger charge is -2.27. The summed E-state index contributed by atoms with van der Waals surface area (Å²) in [4.78, 5) is 0. The zero-order chi connectivity index (χ0) is 11.6. The van der Waals surface area contributed by atoms with Crippen LogP contribution < -0.4 is 0 Å². The molecule has 1 aliphatic rings. The largest absolute Gasteiger partial charge is 0.385 e. The zero-order valence-electron chi connectivity index (χ0n) is 9.18. The molecule has 16 heavy (non-hydrogen) atoms. The molecule has 2 rings (SSSR count). The molecule has 1 saturated carbocycles. The maximum absolute atomic E-state index is 13.6. The Balaban J connectivity index is 2.37. The molecule has 0 amide bonds. The van der Waals surface area contributed by atoms with Gasteiger partial charge in [-0.1, -0.05) is 37.8 Å². The third-order valence-corrected chi connectivity index (χ3v) is 3.38. The van der Waals surface area contributed by atoms with Gasteiger partial charge in [0.15, 0.2) is 11.6 Å². The number of rotatable bonds is 1. The molecule has 0 aliphatic heterocycles. The van der Waals surface area contributed by atoms with Crippen molar-refractivity contribution in [3.05, 3.63) is 35.4 Å². The van der Waals surface area contributed by atoms with Crippen LogP contribution in [0.3, 0.4) is 0 Å². The van der Waals surface area contributed by atoms with Crippen LogP contribution in [0, 0.1) is 11.6 Å². The summed E-state index contributed by atoms with van der Waals surface area (Å²) >= 11 is 0. The van der Waals surface area contributed by atoms with Crippen LogP contribution in [0.4, 0.5) is 8.78 Å². The van der Waals surface area contributed by atoms with Gasteiger partial charge in [0.05, 0.1) is 5.60 Å². The van der Waals surface area contributed by atoms with Crippen molar-refractivity contribution in [2.24, 2.45) is 0 Å². The van der Waals surface area contributed by atoms with Crippen molar-refractivity contribution in [3.8, 4) is 0 Å². The molecule has 88 valence electrons. The fourth-order valence-corrected chi connectivity index (χ4v) is 2.45. The molecule has 0 radical (unpaired) electrons. The maximum atomic E-state index is 13.6. The Hall–Kier alpha value is -0.960. The summed E-state index contributed by atoms with van der Waals surface area (Å²) in [5.41, 5.74) is -1.06. The number of benzene rings is 1. The molecule has 1 aromatic carbocycles. The minimum atomic E-state index is -1.18. The van der Waals surface area contributed by atoms with E-state index in [4.69, 9.17) is 0 Å². The summed E-state index contributed by atoms with van der Waals surface area (Å²) in [6, 6.07) is 4.03. The minimum absolute atomic E-state index is 0.120. The molecule has 0 bridgehead atoms. The van der Waals surface area contributed by atoms with Gasteiger partial charge in [0.1, 0.15) is 0 Å². The van der Waals surface area contributed by atoms with Crippen molar-refractivity contribution in [1.29, 1.82) is 0 Å². The fraction of sp³-hybridized carbons (Fsp3) is 0.538. The van der Waals surface area contributed by atoms with Gasteiger partial charge in [-0.05, 0) is 18.9 Å². The second-order valence-corrected chi connectivity index (χ2v) is 4.55. The first kappa shape index (κ1) is 11.5. The number of halogens is 2. The Labute approximate surface area is 94.1 Å². The highest BCUT2D eigenvalue weighted by molar-refractivity contribution is 5.25. The quantitative estimate of drug-likeness (QED) is 0.726. The monoisotopic (exact) mass is 226 g/mol. The van der Waals surface area contributed by atoms with Crippen molar-refractivity contribution < 1.29 is 13.9 Å². The number of hydrogen-bond donors (Lipinski definition) is 1. The summed E-state index contributed by atoms with van der Waals surface area (Å²) in [5, 5.41) is 10.4. The van der Waals surface area contributed by atoms with Crippen LogP contribution in [-0.2, 0) is 5.60 Å². The third kappa shape index (κ3) is 2.09. The summed E-state index contributed by atoms with van der Waals surface area (Å²) in [5.74, 6) is -1.78. The first-order chi connectivity index (χ1) is 7.63. The molecule has 0 atom stereocenters. The van der Waals surface area contributed by atoms with Crippen LogP contribution in [0.2, 0.25) is 0 Å². The van der Waals surface area contributed by atoms with Crippen LogP contribution in [0.5, 0.6) is 0 Å². The van der Waals surface area contributed by atoms with Crippen LogP contribution in [-0.4, -0.2) is 5.11 Å². The molecule has 3 heteroatoms. The second-order valence-electron chi connectivity index (χ2n) is 4.55. The van der Waals surface area contributed by atoms with Gasteiger partial charge in [-0.15, -0.1) is 0 Å². The van der Waals surface area contributed by atoms with E-state index in [1.54, 1.807) is 0 Å². The lowest BCUT2D eigenvalue weighted by atomic mass is 9.86. The van der Waals surface area contributed by atoms with Gasteiger partial charge < -0.3 is 5.11 Å². The van der Waals surface area contributed by atoms with Crippen LogP contribution >= 0.6 is 0 Å². The Morgan fingerprint density at radius 2 is 1.62 bits per heavy atom. The molecule has 0 heterocycles. The summed E-state index contributed by atoms with van der Waals surface area (Å²) in [6.07, 6.45) is 4.89. The van der Waals surface area contributed by atoms with Gasteiger partial charge in [0.2, 0.25) is 0 Å². The summed E-state index contributed by atoms with van der Waals surface area (Å²) in [6.45, 7) is 0. The first-order valence-electron chi connectivity index (χ1n) is 5.80. The van der Waals surface area contributed by atoms with Crippen molar-refractivity contribution in [1.82, 2.24) is 0 Å². The van der Waals surface area contributed by atoms with Crippen molar-refractivity contribution in [2.45, 2.75) is 44.1 Å². The van der Waals surface area contributed by atoms with E-state index in [2.05, 4.69) is 0 Å². The molecule has 1 N–H and O–H groups in total. The van der Waals surface area contributed by atoms with Crippen molar-refractivity contribution >= 4 is 0 Å². The Morgan fingerprint density at radius 3 is 2.25 bits per heavy atom. The van der Waals surface area contributed by atoms with E-state index in [0.29, 0.717) is 12.8 Å². The van der Waals surface area contributed by atoms with E-state index < -0.39 is 17.2 Å². The lowest BCUT2D eigenvalue weighted by molar-refractivity contribution is 0.0167. The summed E-state index contributed by atoms with van der Waals surface area (Å²) < 4.78 is 26.7. The highest BCUT2D eigenvalue weighted by atomic mass is 19.2. The van der Waals surface area contributed by atoms with Gasteiger partial charge in [-0.25, -0.2) is 8.78 Å². The third-order valence-electron chi connectivity index (χ3n) is 3.38. The van der Waals surface area contributed by atoms with Gasteiger partial charge in [-0.3, -0.25) is 0 Å². The molecule has 0 saturated heterocycles. The van der Waals surface area contributed by atoms with E-state index in [0.717, 1.165) is 31.7 Å². The Kier molecular flexibility index (Phi) is 3.24. The highest BCUT2D eigenvalue weighted by Gasteiger charge is 2.33. The number of hydrogen-bond acceptors (Lipinski definition) is 1. The molecule has 0 spiro atoms. The van der Waals surface area contributed by atoms with Crippen LogP contribution in [0.1, 0.15) is 44.1 Å². The predicted octanol–water partition coefficient (Wildman–Crippen LogP) is 3.51. The average molecular weight is 226 g/mol. The minimum Gasteiger partial charge on any atom is -0.385 e. The van der Waals surface area contributed by atoms with Crippen LogP contribution in [0.25, 0.3) is 0 Å². The smallest absolute Gasteiger partial charge is 0.164 e.